The number of likely N-dealkylation sites (N-methyl/N-ethyl adjacent to an activating group) is 1. The highest BCUT2D eigenvalue weighted by molar-refractivity contribution is 5.37. The molecule has 0 heterocycles. The largest absolute Gasteiger partial charge is 0.491 e. The number of aryl methyl sites for hydroxylation is 1. The summed E-state index contributed by atoms with van der Waals surface area (Å²) in [4.78, 5) is 0. The Morgan fingerprint density at radius 3 is 2.67 bits per heavy atom. The molecule has 2 nitrogen and oxygen atoms in total. The van der Waals surface area contributed by atoms with Gasteiger partial charge in [-0.1, -0.05) is 12.1 Å². The highest BCUT2D eigenvalue weighted by Crippen LogP contribution is 2.21. The van der Waals surface area contributed by atoms with E-state index >= 15 is 0 Å². The van der Waals surface area contributed by atoms with Gasteiger partial charge < -0.3 is 10.1 Å². The molecule has 15 heavy (non-hydrogen) atoms. The first-order valence-corrected chi connectivity index (χ1v) is 5.54. The Morgan fingerprint density at radius 1 is 1.33 bits per heavy atom. The van der Waals surface area contributed by atoms with Gasteiger partial charge in [-0.05, 0) is 58.0 Å². The summed E-state index contributed by atoms with van der Waals surface area (Å²) in [6.45, 7) is 7.20. The van der Waals surface area contributed by atoms with Crippen molar-refractivity contribution in [2.24, 2.45) is 0 Å². The maximum Gasteiger partial charge on any atom is 0.123 e. The summed E-state index contributed by atoms with van der Waals surface area (Å²) in [7, 11) is 1.97. The van der Waals surface area contributed by atoms with Crippen molar-refractivity contribution in [2.45, 2.75) is 33.3 Å². The Morgan fingerprint density at radius 2 is 2.07 bits per heavy atom. The van der Waals surface area contributed by atoms with E-state index in [1.54, 1.807) is 0 Å². The van der Waals surface area contributed by atoms with E-state index in [0.29, 0.717) is 0 Å². The minimum absolute atomic E-state index is 0.236. The van der Waals surface area contributed by atoms with Gasteiger partial charge in [0, 0.05) is 0 Å². The predicted octanol–water partition coefficient (Wildman–Crippen LogP) is 2.54. The third kappa shape index (κ3) is 3.92. The molecule has 0 saturated carbocycles. The first-order chi connectivity index (χ1) is 7.13. The Hall–Kier alpha value is -1.02. The van der Waals surface area contributed by atoms with Gasteiger partial charge in [-0.25, -0.2) is 0 Å². The fraction of sp³-hybridized carbons (Fsp3) is 0.538. The highest BCUT2D eigenvalue weighted by atomic mass is 16.5. The van der Waals surface area contributed by atoms with Crippen LogP contribution in [0.5, 0.6) is 5.75 Å². The van der Waals surface area contributed by atoms with E-state index < -0.39 is 0 Å². The lowest BCUT2D eigenvalue weighted by atomic mass is 10.1. The molecule has 1 N–H and O–H groups in total. The summed E-state index contributed by atoms with van der Waals surface area (Å²) >= 11 is 0. The second kappa shape index (κ2) is 5.76. The Bertz CT molecular complexity index is 307. The monoisotopic (exact) mass is 207 g/mol. The van der Waals surface area contributed by atoms with Crippen LogP contribution in [0.25, 0.3) is 0 Å². The van der Waals surface area contributed by atoms with E-state index in [9.17, 15) is 0 Å². The molecular formula is C13H21NO. The van der Waals surface area contributed by atoms with E-state index in [4.69, 9.17) is 4.74 Å². The number of hydrogen-bond donors (Lipinski definition) is 1. The highest BCUT2D eigenvalue weighted by Gasteiger charge is 2.05. The van der Waals surface area contributed by atoms with Crippen LogP contribution in [0.3, 0.4) is 0 Å². The van der Waals surface area contributed by atoms with Crippen LogP contribution in [0.2, 0.25) is 0 Å². The van der Waals surface area contributed by atoms with Crippen molar-refractivity contribution >= 4 is 0 Å². The van der Waals surface area contributed by atoms with E-state index in [2.05, 4.69) is 44.3 Å². The predicted molar refractivity (Wildman–Crippen MR) is 64.6 cm³/mol. The average molecular weight is 207 g/mol. The standard InChI is InChI=1S/C13H21NO/c1-10(2)15-13-9-11(3)5-6-12(13)7-8-14-4/h5-6,9-10,14H,7-8H2,1-4H3. The van der Waals surface area contributed by atoms with Crippen molar-refractivity contribution in [2.75, 3.05) is 13.6 Å². The topological polar surface area (TPSA) is 21.3 Å². The van der Waals surface area contributed by atoms with Gasteiger partial charge in [0.2, 0.25) is 0 Å². The molecule has 0 fully saturated rings. The van der Waals surface area contributed by atoms with Crippen LogP contribution in [0.15, 0.2) is 18.2 Å². The first kappa shape index (κ1) is 12.1. The number of hydrogen-bond acceptors (Lipinski definition) is 2. The lowest BCUT2D eigenvalue weighted by molar-refractivity contribution is 0.240. The molecule has 0 atom stereocenters. The molecule has 84 valence electrons. The molecular weight excluding hydrogens is 186 g/mol. The molecule has 0 unspecified atom stereocenters. The summed E-state index contributed by atoms with van der Waals surface area (Å²) < 4.78 is 5.80. The zero-order chi connectivity index (χ0) is 11.3. The number of rotatable bonds is 5. The van der Waals surface area contributed by atoms with E-state index in [-0.39, 0.29) is 6.10 Å². The van der Waals surface area contributed by atoms with Crippen LogP contribution in [-0.4, -0.2) is 19.7 Å². The van der Waals surface area contributed by atoms with Gasteiger partial charge in [-0.3, -0.25) is 0 Å². The van der Waals surface area contributed by atoms with Crippen molar-refractivity contribution in [1.29, 1.82) is 0 Å². The second-order valence-corrected chi connectivity index (χ2v) is 4.13. The molecule has 0 bridgehead atoms. The van der Waals surface area contributed by atoms with Crippen molar-refractivity contribution in [3.05, 3.63) is 29.3 Å². The van der Waals surface area contributed by atoms with E-state index in [0.717, 1.165) is 18.7 Å². The van der Waals surface area contributed by atoms with Crippen molar-refractivity contribution in [3.8, 4) is 5.75 Å². The molecule has 2 heteroatoms. The molecule has 1 aromatic carbocycles. The molecule has 0 radical (unpaired) electrons. The Balaban J connectivity index is 2.82. The lowest BCUT2D eigenvalue weighted by Crippen LogP contribution is -2.13. The molecule has 0 amide bonds. The minimum atomic E-state index is 0.236. The normalized spacial score (nSPS) is 10.7. The maximum absolute atomic E-state index is 5.80. The van der Waals surface area contributed by atoms with Crippen LogP contribution in [0.1, 0.15) is 25.0 Å². The number of nitrogens with one attached hydrogen (secondary N) is 1. The smallest absolute Gasteiger partial charge is 0.123 e. The molecule has 0 aromatic heterocycles. The molecule has 0 aliphatic rings. The number of ether oxygens (including phenoxy) is 1. The third-order valence-corrected chi connectivity index (χ3v) is 2.23. The molecule has 0 saturated heterocycles. The van der Waals surface area contributed by atoms with Gasteiger partial charge in [-0.2, -0.15) is 0 Å². The van der Waals surface area contributed by atoms with Gasteiger partial charge in [0.15, 0.2) is 0 Å². The second-order valence-electron chi connectivity index (χ2n) is 4.13. The maximum atomic E-state index is 5.80. The van der Waals surface area contributed by atoms with Gasteiger partial charge in [0.1, 0.15) is 5.75 Å². The summed E-state index contributed by atoms with van der Waals surface area (Å²) in [6.07, 6.45) is 1.25. The molecule has 0 aliphatic heterocycles. The average Bonchev–Trinajstić information content (AvgIpc) is 2.16. The van der Waals surface area contributed by atoms with Crippen LogP contribution in [0, 0.1) is 6.92 Å². The van der Waals surface area contributed by atoms with Gasteiger partial charge in [0.25, 0.3) is 0 Å². The van der Waals surface area contributed by atoms with Gasteiger partial charge in [0.05, 0.1) is 6.10 Å². The van der Waals surface area contributed by atoms with Gasteiger partial charge in [-0.15, -0.1) is 0 Å². The summed E-state index contributed by atoms with van der Waals surface area (Å²) in [5.41, 5.74) is 2.53. The molecule has 0 aliphatic carbocycles. The van der Waals surface area contributed by atoms with E-state index in [1.165, 1.54) is 11.1 Å². The fourth-order valence-electron chi connectivity index (χ4n) is 1.49. The summed E-state index contributed by atoms with van der Waals surface area (Å²) in [5, 5.41) is 3.16. The van der Waals surface area contributed by atoms with Crippen LogP contribution in [0.4, 0.5) is 0 Å². The van der Waals surface area contributed by atoms with Crippen molar-refractivity contribution in [3.63, 3.8) is 0 Å². The van der Waals surface area contributed by atoms with Crippen LogP contribution >= 0.6 is 0 Å². The number of benzene rings is 1. The van der Waals surface area contributed by atoms with E-state index in [1.807, 2.05) is 7.05 Å². The first-order valence-electron chi connectivity index (χ1n) is 5.54. The SMILES string of the molecule is CNCCc1ccc(C)cc1OC(C)C. The molecule has 0 spiro atoms. The minimum Gasteiger partial charge on any atom is -0.491 e. The molecule has 1 rings (SSSR count). The molecule has 1 aromatic rings. The fourth-order valence-corrected chi connectivity index (χ4v) is 1.49. The zero-order valence-electron chi connectivity index (χ0n) is 10.1. The summed E-state index contributed by atoms with van der Waals surface area (Å²) in [6, 6.07) is 6.41. The van der Waals surface area contributed by atoms with Crippen LogP contribution < -0.4 is 10.1 Å². The zero-order valence-corrected chi connectivity index (χ0v) is 10.1. The quantitative estimate of drug-likeness (QED) is 0.801. The Labute approximate surface area is 92.6 Å². The third-order valence-electron chi connectivity index (χ3n) is 2.23. The van der Waals surface area contributed by atoms with Crippen molar-refractivity contribution < 1.29 is 4.74 Å². The summed E-state index contributed by atoms with van der Waals surface area (Å²) in [5.74, 6) is 1.03. The van der Waals surface area contributed by atoms with Gasteiger partial charge >= 0.3 is 0 Å². The van der Waals surface area contributed by atoms with Crippen LogP contribution in [-0.2, 0) is 6.42 Å². The Kier molecular flexibility index (Phi) is 4.63. The lowest BCUT2D eigenvalue weighted by Gasteiger charge is -2.15. The van der Waals surface area contributed by atoms with Crippen molar-refractivity contribution in [1.82, 2.24) is 5.32 Å².